The van der Waals surface area contributed by atoms with Crippen LogP contribution in [0, 0.1) is 17.0 Å². The molecule has 0 radical (unpaired) electrons. The Labute approximate surface area is 133 Å². The Balaban J connectivity index is 0.00000220. The quantitative estimate of drug-likeness (QED) is 0.287. The zero-order valence-electron chi connectivity index (χ0n) is 11.9. The molecule has 0 fully saturated rings. The summed E-state index contributed by atoms with van der Waals surface area (Å²) in [4.78, 5) is 10.4. The van der Waals surface area contributed by atoms with Crippen molar-refractivity contribution in [1.82, 2.24) is 4.57 Å². The number of aromatic nitrogens is 2. The van der Waals surface area contributed by atoms with Crippen molar-refractivity contribution < 1.29 is 26.5 Å². The summed E-state index contributed by atoms with van der Waals surface area (Å²) in [6, 6.07) is 3.11. The van der Waals surface area contributed by atoms with Crippen LogP contribution in [-0.4, -0.2) is 16.0 Å². The second-order valence-electron chi connectivity index (χ2n) is 4.73. The van der Waals surface area contributed by atoms with E-state index in [-0.39, 0.29) is 28.4 Å². The van der Waals surface area contributed by atoms with Gasteiger partial charge in [0.05, 0.1) is 18.5 Å². The summed E-state index contributed by atoms with van der Waals surface area (Å²) in [5.41, 5.74) is 7.40. The van der Waals surface area contributed by atoms with Crippen LogP contribution >= 0.6 is 0 Å². The van der Waals surface area contributed by atoms with E-state index in [1.807, 2.05) is 41.8 Å². The lowest BCUT2D eigenvalue weighted by Crippen LogP contribution is -3.00. The molecule has 0 atom stereocenters. The Morgan fingerprint density at radius 3 is 2.76 bits per heavy atom. The number of imidazole rings is 1. The third kappa shape index (κ3) is 4.19. The van der Waals surface area contributed by atoms with Crippen molar-refractivity contribution in [2.45, 2.75) is 13.5 Å². The number of anilines is 2. The SMILES string of the molecule is Cc1cc(N)c([N+](=O)[O-])cc1NCC[n+]1ccn(C)c1.[Br-]. The average molecular weight is 356 g/mol. The van der Waals surface area contributed by atoms with Crippen molar-refractivity contribution in [3.8, 4) is 0 Å². The van der Waals surface area contributed by atoms with E-state index in [4.69, 9.17) is 5.73 Å². The summed E-state index contributed by atoms with van der Waals surface area (Å²) >= 11 is 0. The monoisotopic (exact) mass is 355 g/mol. The van der Waals surface area contributed by atoms with E-state index in [0.29, 0.717) is 6.54 Å². The number of nitrogens with two attached hydrogens (primary N) is 1. The van der Waals surface area contributed by atoms with Crippen molar-refractivity contribution in [1.29, 1.82) is 0 Å². The Kier molecular flexibility index (Phi) is 5.71. The maximum absolute atomic E-state index is 10.9. The predicted molar refractivity (Wildman–Crippen MR) is 76.3 cm³/mol. The molecule has 0 spiro atoms. The number of aryl methyl sites for hydroxylation is 2. The first kappa shape index (κ1) is 17.0. The first-order valence-corrected chi connectivity index (χ1v) is 6.27. The lowest BCUT2D eigenvalue weighted by molar-refractivity contribution is -0.693. The first-order valence-electron chi connectivity index (χ1n) is 6.27. The average Bonchev–Trinajstić information content (AvgIpc) is 2.77. The van der Waals surface area contributed by atoms with E-state index >= 15 is 0 Å². The highest BCUT2D eigenvalue weighted by Crippen LogP contribution is 2.28. The summed E-state index contributed by atoms with van der Waals surface area (Å²) in [6.07, 6.45) is 5.90. The summed E-state index contributed by atoms with van der Waals surface area (Å²) in [7, 11) is 1.96. The summed E-state index contributed by atoms with van der Waals surface area (Å²) in [6.45, 7) is 3.33. The van der Waals surface area contributed by atoms with Crippen LogP contribution in [0.1, 0.15) is 5.56 Å². The van der Waals surface area contributed by atoms with Gasteiger partial charge in [0, 0.05) is 11.8 Å². The van der Waals surface area contributed by atoms with Gasteiger partial charge in [0.15, 0.2) is 0 Å². The van der Waals surface area contributed by atoms with Gasteiger partial charge in [-0.25, -0.2) is 9.13 Å². The number of nitro benzene ring substituents is 1. The molecule has 114 valence electrons. The molecule has 3 N–H and O–H groups in total. The minimum atomic E-state index is -0.466. The van der Waals surface area contributed by atoms with Gasteiger partial charge in [-0.1, -0.05) is 0 Å². The van der Waals surface area contributed by atoms with Gasteiger partial charge in [-0.3, -0.25) is 10.1 Å². The molecule has 0 saturated carbocycles. The molecule has 8 heteroatoms. The number of nitro groups is 1. The molecule has 1 aromatic carbocycles. The predicted octanol–water partition coefficient (Wildman–Crippen LogP) is -1.77. The Morgan fingerprint density at radius 1 is 1.48 bits per heavy atom. The molecular formula is C13H18BrN5O2. The topological polar surface area (TPSA) is 90.0 Å². The van der Waals surface area contributed by atoms with Crippen LogP contribution in [0.15, 0.2) is 30.9 Å². The van der Waals surface area contributed by atoms with E-state index < -0.39 is 4.92 Å². The molecule has 21 heavy (non-hydrogen) atoms. The van der Waals surface area contributed by atoms with Gasteiger partial charge < -0.3 is 28.0 Å². The highest BCUT2D eigenvalue weighted by Gasteiger charge is 2.14. The summed E-state index contributed by atoms with van der Waals surface area (Å²) in [5.74, 6) is 0. The number of rotatable bonds is 5. The fourth-order valence-electron chi connectivity index (χ4n) is 2.02. The van der Waals surface area contributed by atoms with Crippen molar-refractivity contribution in [2.75, 3.05) is 17.6 Å². The van der Waals surface area contributed by atoms with Gasteiger partial charge in [-0.2, -0.15) is 0 Å². The first-order chi connectivity index (χ1) is 9.47. The summed E-state index contributed by atoms with van der Waals surface area (Å²) in [5, 5.41) is 14.1. The number of hydrogen-bond donors (Lipinski definition) is 2. The number of benzene rings is 1. The number of nitrogens with zero attached hydrogens (tertiary/aromatic N) is 3. The van der Waals surface area contributed by atoms with Gasteiger partial charge in [0.2, 0.25) is 6.33 Å². The molecule has 1 aromatic heterocycles. The van der Waals surface area contributed by atoms with Crippen LogP contribution in [0.5, 0.6) is 0 Å². The van der Waals surface area contributed by atoms with E-state index in [0.717, 1.165) is 17.8 Å². The summed E-state index contributed by atoms with van der Waals surface area (Å²) < 4.78 is 3.99. The van der Waals surface area contributed by atoms with Gasteiger partial charge in [0.25, 0.3) is 5.69 Å². The molecule has 2 rings (SSSR count). The third-order valence-corrected chi connectivity index (χ3v) is 3.08. The molecule has 1 heterocycles. The second kappa shape index (κ2) is 7.07. The zero-order valence-corrected chi connectivity index (χ0v) is 13.5. The van der Waals surface area contributed by atoms with E-state index in [9.17, 15) is 10.1 Å². The molecule has 2 aromatic rings. The molecule has 0 aliphatic heterocycles. The van der Waals surface area contributed by atoms with E-state index in [2.05, 4.69) is 5.32 Å². The van der Waals surface area contributed by atoms with Gasteiger partial charge in [-0.15, -0.1) is 0 Å². The highest BCUT2D eigenvalue weighted by molar-refractivity contribution is 5.69. The molecular weight excluding hydrogens is 338 g/mol. The van der Waals surface area contributed by atoms with Crippen LogP contribution in [0.2, 0.25) is 0 Å². The minimum absolute atomic E-state index is 0. The second-order valence-corrected chi connectivity index (χ2v) is 4.73. The number of nitrogen functional groups attached to an aromatic ring is 1. The Bertz CT molecular complexity index is 641. The van der Waals surface area contributed by atoms with Crippen LogP contribution in [0.3, 0.4) is 0 Å². The normalized spacial score (nSPS) is 10.0. The Morgan fingerprint density at radius 2 is 2.19 bits per heavy atom. The molecule has 0 saturated heterocycles. The van der Waals surface area contributed by atoms with Crippen LogP contribution < -0.4 is 32.6 Å². The van der Waals surface area contributed by atoms with E-state index in [1.54, 1.807) is 6.07 Å². The number of nitrogens with one attached hydrogen (secondary N) is 1. The fourth-order valence-corrected chi connectivity index (χ4v) is 2.02. The maximum Gasteiger partial charge on any atom is 0.294 e. The lowest BCUT2D eigenvalue weighted by Gasteiger charge is -2.09. The molecule has 7 nitrogen and oxygen atoms in total. The van der Waals surface area contributed by atoms with Gasteiger partial charge in [0.1, 0.15) is 24.6 Å². The van der Waals surface area contributed by atoms with Crippen molar-refractivity contribution in [3.63, 3.8) is 0 Å². The molecule has 0 amide bonds. The van der Waals surface area contributed by atoms with Crippen LogP contribution in [0.25, 0.3) is 0 Å². The standard InChI is InChI=1S/C13H18N5O2.BrH/c1-10-7-11(14)13(18(19)20)8-12(10)15-3-4-17-6-5-16(2)9-17;/h5-9,15H,3-4,14H2,1-2H3;1H/q+1;/p-1. The highest BCUT2D eigenvalue weighted by atomic mass is 79.9. The largest absolute Gasteiger partial charge is 1.00 e. The smallest absolute Gasteiger partial charge is 0.294 e. The van der Waals surface area contributed by atoms with E-state index in [1.165, 1.54) is 6.07 Å². The minimum Gasteiger partial charge on any atom is -1.00 e. The number of halogens is 1. The Hall–Kier alpha value is -2.09. The van der Waals surface area contributed by atoms with Gasteiger partial charge in [-0.05, 0) is 18.6 Å². The maximum atomic E-state index is 10.9. The molecule has 0 aliphatic rings. The van der Waals surface area contributed by atoms with Crippen molar-refractivity contribution in [2.24, 2.45) is 7.05 Å². The fraction of sp³-hybridized carbons (Fsp3) is 0.308. The van der Waals surface area contributed by atoms with Gasteiger partial charge >= 0.3 is 0 Å². The van der Waals surface area contributed by atoms with Crippen LogP contribution in [0.4, 0.5) is 17.1 Å². The third-order valence-electron chi connectivity index (χ3n) is 3.08. The van der Waals surface area contributed by atoms with Crippen molar-refractivity contribution in [3.05, 3.63) is 46.5 Å². The molecule has 0 unspecified atom stereocenters. The molecule has 0 bridgehead atoms. The lowest BCUT2D eigenvalue weighted by atomic mass is 10.1. The van der Waals surface area contributed by atoms with Crippen LogP contribution in [-0.2, 0) is 13.6 Å². The number of hydrogen-bond acceptors (Lipinski definition) is 4. The zero-order chi connectivity index (χ0) is 14.7. The molecule has 0 aliphatic carbocycles. The van der Waals surface area contributed by atoms with Crippen molar-refractivity contribution >= 4 is 17.1 Å².